The summed E-state index contributed by atoms with van der Waals surface area (Å²) in [4.78, 5) is 61.5. The Kier molecular flexibility index (Phi) is 15.6. The number of nitrogens with zero attached hydrogens (tertiary/aromatic N) is 4. The SMILES string of the molecule is CCC(C)C(NC(=O)OC)C(=O)NN(Cc1ccccc1)CC(O)C(Cc1ccccc1)NC(=O)C(C(C)CC)N1CCN(Cc2cccnc2)C1=O. The molecule has 286 valence electrons. The lowest BCUT2D eigenvalue weighted by Crippen LogP contribution is -2.59. The van der Waals surface area contributed by atoms with Crippen molar-refractivity contribution >= 4 is 23.9 Å². The van der Waals surface area contributed by atoms with E-state index < -0.39 is 36.2 Å². The van der Waals surface area contributed by atoms with Gasteiger partial charge in [-0.15, -0.1) is 0 Å². The standard InChI is InChI=1S/C40H55N7O6/c1-6-28(3)35(43-39(51)53-5)37(49)44-46(26-31-17-12-9-13-18-31)27-34(48)33(23-30-15-10-8-11-16-30)42-38(50)36(29(4)7-2)47-22-21-45(40(47)52)25-32-19-14-20-41-24-32/h8-20,24,28-29,33-36,48H,6-7,21-23,25-27H2,1-5H3,(H,42,50)(H,43,51)(H,44,49). The number of alkyl carbamates (subject to hydrolysis) is 1. The van der Waals surface area contributed by atoms with Crippen molar-refractivity contribution in [3.63, 3.8) is 0 Å². The number of amides is 5. The van der Waals surface area contributed by atoms with Gasteiger partial charge in [0.25, 0.3) is 5.91 Å². The molecule has 1 aromatic heterocycles. The predicted molar refractivity (Wildman–Crippen MR) is 202 cm³/mol. The number of urea groups is 1. The van der Waals surface area contributed by atoms with Crippen LogP contribution >= 0.6 is 0 Å². The molecular formula is C40H55N7O6. The van der Waals surface area contributed by atoms with Gasteiger partial charge in [-0.1, -0.05) is 107 Å². The molecule has 6 atom stereocenters. The molecule has 1 aliphatic rings. The molecule has 1 aliphatic heterocycles. The summed E-state index contributed by atoms with van der Waals surface area (Å²) in [7, 11) is 1.24. The highest BCUT2D eigenvalue weighted by Gasteiger charge is 2.41. The Balaban J connectivity index is 1.58. The topological polar surface area (TPSA) is 156 Å². The number of aromatic nitrogens is 1. The molecule has 2 aromatic carbocycles. The zero-order valence-electron chi connectivity index (χ0n) is 31.5. The zero-order valence-corrected chi connectivity index (χ0v) is 31.5. The van der Waals surface area contributed by atoms with E-state index in [1.807, 2.05) is 100 Å². The van der Waals surface area contributed by atoms with Crippen molar-refractivity contribution in [2.45, 2.75) is 84.3 Å². The number of hydrogen-bond donors (Lipinski definition) is 4. The molecular weight excluding hydrogens is 674 g/mol. The van der Waals surface area contributed by atoms with E-state index in [-0.39, 0.29) is 36.9 Å². The first kappa shape index (κ1) is 40.8. The molecule has 5 amide bonds. The molecule has 53 heavy (non-hydrogen) atoms. The summed E-state index contributed by atoms with van der Waals surface area (Å²) < 4.78 is 4.78. The average molecular weight is 730 g/mol. The second kappa shape index (κ2) is 20.3. The molecule has 6 unspecified atom stereocenters. The molecule has 0 radical (unpaired) electrons. The first-order valence-corrected chi connectivity index (χ1v) is 18.4. The van der Waals surface area contributed by atoms with Crippen LogP contribution < -0.4 is 16.1 Å². The number of methoxy groups -OCH3 is 1. The first-order valence-electron chi connectivity index (χ1n) is 18.4. The normalized spacial score (nSPS) is 16.3. The van der Waals surface area contributed by atoms with E-state index in [0.717, 1.165) is 16.7 Å². The quantitative estimate of drug-likeness (QED) is 0.134. The number of pyridine rings is 1. The maximum absolute atomic E-state index is 14.3. The van der Waals surface area contributed by atoms with Gasteiger partial charge in [0.2, 0.25) is 5.91 Å². The molecule has 0 bridgehead atoms. The second-order valence-electron chi connectivity index (χ2n) is 13.8. The Bertz CT molecular complexity index is 1600. The van der Waals surface area contributed by atoms with Crippen molar-refractivity contribution in [2.24, 2.45) is 11.8 Å². The Morgan fingerprint density at radius 1 is 0.868 bits per heavy atom. The summed E-state index contributed by atoms with van der Waals surface area (Å²) in [5.74, 6) is -1.19. The fraction of sp³-hybridized carbons (Fsp3) is 0.475. The molecule has 0 aliphatic carbocycles. The van der Waals surface area contributed by atoms with Crippen LogP contribution in [0.2, 0.25) is 0 Å². The minimum atomic E-state index is -1.16. The van der Waals surface area contributed by atoms with Crippen molar-refractivity contribution in [1.29, 1.82) is 0 Å². The molecule has 4 rings (SSSR count). The third kappa shape index (κ3) is 11.7. The van der Waals surface area contributed by atoms with Crippen molar-refractivity contribution in [3.05, 3.63) is 102 Å². The van der Waals surface area contributed by atoms with Crippen LogP contribution in [-0.2, 0) is 33.8 Å². The summed E-state index contributed by atoms with van der Waals surface area (Å²) >= 11 is 0. The largest absolute Gasteiger partial charge is 0.453 e. The van der Waals surface area contributed by atoms with Crippen molar-refractivity contribution < 1.29 is 29.0 Å². The highest BCUT2D eigenvalue weighted by atomic mass is 16.5. The van der Waals surface area contributed by atoms with Crippen LogP contribution in [0.4, 0.5) is 9.59 Å². The van der Waals surface area contributed by atoms with E-state index in [9.17, 15) is 24.3 Å². The minimum absolute atomic E-state index is 0.0562. The predicted octanol–water partition coefficient (Wildman–Crippen LogP) is 4.13. The Morgan fingerprint density at radius 3 is 2.11 bits per heavy atom. The molecule has 4 N–H and O–H groups in total. The summed E-state index contributed by atoms with van der Waals surface area (Å²) in [5.41, 5.74) is 5.61. The van der Waals surface area contributed by atoms with Gasteiger partial charge in [0, 0.05) is 45.1 Å². The maximum atomic E-state index is 14.3. The Hall–Kier alpha value is -5.01. The Morgan fingerprint density at radius 2 is 1.51 bits per heavy atom. The summed E-state index contributed by atoms with van der Waals surface area (Å²) in [6.45, 7) is 9.17. The molecule has 1 fully saturated rings. The smallest absolute Gasteiger partial charge is 0.407 e. The number of carbonyl (C=O) groups is 4. The lowest BCUT2D eigenvalue weighted by atomic mass is 9.95. The number of nitrogens with one attached hydrogen (secondary N) is 3. The second-order valence-corrected chi connectivity index (χ2v) is 13.8. The number of ether oxygens (including phenoxy) is 1. The summed E-state index contributed by atoms with van der Waals surface area (Å²) in [5, 5.41) is 19.3. The lowest BCUT2D eigenvalue weighted by molar-refractivity contribution is -0.132. The zero-order chi connectivity index (χ0) is 38.3. The van der Waals surface area contributed by atoms with Crippen molar-refractivity contribution in [2.75, 3.05) is 26.7 Å². The third-order valence-electron chi connectivity index (χ3n) is 9.95. The first-order chi connectivity index (χ1) is 25.5. The molecule has 13 nitrogen and oxygen atoms in total. The van der Waals surface area contributed by atoms with Crippen LogP contribution in [0.1, 0.15) is 57.2 Å². The van der Waals surface area contributed by atoms with Gasteiger partial charge in [0.05, 0.1) is 19.3 Å². The summed E-state index contributed by atoms with van der Waals surface area (Å²) in [6, 6.07) is 20.1. The van der Waals surface area contributed by atoms with E-state index in [1.165, 1.54) is 7.11 Å². The van der Waals surface area contributed by atoms with Gasteiger partial charge in [-0.3, -0.25) is 20.0 Å². The van der Waals surface area contributed by atoms with Crippen LogP contribution in [0, 0.1) is 11.8 Å². The van der Waals surface area contributed by atoms with Gasteiger partial charge in [0.1, 0.15) is 12.1 Å². The molecule has 1 saturated heterocycles. The van der Waals surface area contributed by atoms with Gasteiger partial charge in [-0.25, -0.2) is 14.6 Å². The average Bonchev–Trinajstić information content (AvgIpc) is 3.52. The molecule has 13 heteroatoms. The van der Waals surface area contributed by atoms with Gasteiger partial charge in [-0.05, 0) is 41.0 Å². The fourth-order valence-corrected chi connectivity index (χ4v) is 6.49. The highest BCUT2D eigenvalue weighted by Crippen LogP contribution is 2.23. The number of benzene rings is 2. The van der Waals surface area contributed by atoms with Gasteiger partial charge < -0.3 is 30.3 Å². The van der Waals surface area contributed by atoms with Crippen LogP contribution in [0.5, 0.6) is 0 Å². The fourth-order valence-electron chi connectivity index (χ4n) is 6.49. The number of aliphatic hydroxyl groups is 1. The number of hydrazine groups is 1. The van der Waals surface area contributed by atoms with E-state index in [0.29, 0.717) is 38.9 Å². The van der Waals surface area contributed by atoms with Gasteiger partial charge in [-0.2, -0.15) is 0 Å². The van der Waals surface area contributed by atoms with Gasteiger partial charge >= 0.3 is 12.1 Å². The minimum Gasteiger partial charge on any atom is -0.453 e. The molecule has 0 spiro atoms. The van der Waals surface area contributed by atoms with Gasteiger partial charge in [0.15, 0.2) is 0 Å². The van der Waals surface area contributed by atoms with Crippen LogP contribution in [0.15, 0.2) is 85.2 Å². The van der Waals surface area contributed by atoms with E-state index >= 15 is 0 Å². The van der Waals surface area contributed by atoms with E-state index in [2.05, 4.69) is 21.0 Å². The van der Waals surface area contributed by atoms with E-state index in [1.54, 1.807) is 27.2 Å². The van der Waals surface area contributed by atoms with Crippen LogP contribution in [-0.4, -0.2) is 99.8 Å². The molecule has 2 heterocycles. The third-order valence-corrected chi connectivity index (χ3v) is 9.95. The van der Waals surface area contributed by atoms with E-state index in [4.69, 9.17) is 4.74 Å². The molecule has 3 aromatic rings. The monoisotopic (exact) mass is 729 g/mol. The number of aliphatic hydroxyl groups excluding tert-OH is 1. The maximum Gasteiger partial charge on any atom is 0.407 e. The highest BCUT2D eigenvalue weighted by molar-refractivity contribution is 5.88. The lowest BCUT2D eigenvalue weighted by Gasteiger charge is -2.35. The van der Waals surface area contributed by atoms with Crippen molar-refractivity contribution in [1.82, 2.24) is 35.9 Å². The molecule has 0 saturated carbocycles. The summed E-state index contributed by atoms with van der Waals surface area (Å²) in [6.07, 6.45) is 3.11. The van der Waals surface area contributed by atoms with Crippen molar-refractivity contribution in [3.8, 4) is 0 Å². The Labute approximate surface area is 313 Å². The number of hydrogen-bond acceptors (Lipinski definition) is 8. The number of rotatable bonds is 19. The van der Waals surface area contributed by atoms with Crippen LogP contribution in [0.25, 0.3) is 0 Å². The van der Waals surface area contributed by atoms with Crippen LogP contribution in [0.3, 0.4) is 0 Å². The number of carbonyl (C=O) groups excluding carboxylic acids is 4.